The van der Waals surface area contributed by atoms with Gasteiger partial charge in [0.15, 0.2) is 5.96 Å². The zero-order chi connectivity index (χ0) is 10.2. The minimum Gasteiger partial charge on any atom is -0.389 e. The van der Waals surface area contributed by atoms with Gasteiger partial charge < -0.3 is 15.7 Å². The molecule has 0 amide bonds. The van der Waals surface area contributed by atoms with Gasteiger partial charge in [0.05, 0.1) is 5.60 Å². The number of hydrogen-bond donors (Lipinski definition) is 3. The Bertz CT molecular complexity index is 244. The lowest BCUT2D eigenvalue weighted by Crippen LogP contribution is -2.55. The second-order valence-electron chi connectivity index (χ2n) is 4.63. The molecule has 1 saturated heterocycles. The van der Waals surface area contributed by atoms with Crippen LogP contribution in [0.4, 0.5) is 0 Å². The summed E-state index contributed by atoms with van der Waals surface area (Å²) in [7, 11) is 0. The third kappa shape index (κ3) is 1.59. The van der Waals surface area contributed by atoms with E-state index < -0.39 is 5.60 Å². The average molecular weight is 197 g/mol. The van der Waals surface area contributed by atoms with E-state index in [4.69, 9.17) is 11.1 Å². The number of aliphatic hydroxyl groups is 1. The normalized spacial score (nSPS) is 37.8. The van der Waals surface area contributed by atoms with Crippen molar-refractivity contribution in [3.63, 3.8) is 0 Å². The van der Waals surface area contributed by atoms with Crippen molar-refractivity contribution in [1.82, 2.24) is 4.90 Å². The molecule has 4 N–H and O–H groups in total. The van der Waals surface area contributed by atoms with Gasteiger partial charge in [-0.2, -0.15) is 0 Å². The quantitative estimate of drug-likeness (QED) is 0.391. The molecule has 4 heteroatoms. The Morgan fingerprint density at radius 3 is 2.93 bits per heavy atom. The Morgan fingerprint density at radius 2 is 2.21 bits per heavy atom. The predicted octanol–water partition coefficient (Wildman–Crippen LogP) is 0.507. The minimum atomic E-state index is -0.454. The first-order valence-corrected chi connectivity index (χ1v) is 5.43. The van der Waals surface area contributed by atoms with Crippen molar-refractivity contribution in [2.45, 2.75) is 37.7 Å². The lowest BCUT2D eigenvalue weighted by molar-refractivity contribution is -0.0842. The van der Waals surface area contributed by atoms with Crippen molar-refractivity contribution in [2.75, 3.05) is 13.1 Å². The first-order valence-electron chi connectivity index (χ1n) is 5.43. The molecule has 2 aliphatic rings. The van der Waals surface area contributed by atoms with Crippen LogP contribution in [0.15, 0.2) is 0 Å². The fourth-order valence-electron chi connectivity index (χ4n) is 2.79. The van der Waals surface area contributed by atoms with Crippen LogP contribution in [0.2, 0.25) is 0 Å². The number of fused-ring (bicyclic) bond motifs is 1. The third-order valence-electron chi connectivity index (χ3n) is 3.77. The molecule has 4 nitrogen and oxygen atoms in total. The monoisotopic (exact) mass is 197 g/mol. The number of guanidine groups is 1. The first-order chi connectivity index (χ1) is 6.62. The van der Waals surface area contributed by atoms with Gasteiger partial charge >= 0.3 is 0 Å². The maximum atomic E-state index is 10.4. The lowest BCUT2D eigenvalue weighted by atomic mass is 9.71. The molecule has 14 heavy (non-hydrogen) atoms. The number of nitrogens with two attached hydrogens (primary N) is 1. The second-order valence-corrected chi connectivity index (χ2v) is 4.63. The fraction of sp³-hybridized carbons (Fsp3) is 0.900. The topological polar surface area (TPSA) is 73.3 Å². The highest BCUT2D eigenvalue weighted by molar-refractivity contribution is 5.74. The van der Waals surface area contributed by atoms with Crippen LogP contribution >= 0.6 is 0 Å². The van der Waals surface area contributed by atoms with E-state index in [9.17, 15) is 5.11 Å². The van der Waals surface area contributed by atoms with E-state index in [-0.39, 0.29) is 5.96 Å². The molecule has 0 radical (unpaired) electrons. The lowest BCUT2D eigenvalue weighted by Gasteiger charge is -2.47. The van der Waals surface area contributed by atoms with E-state index in [0.717, 1.165) is 38.8 Å². The fourth-order valence-corrected chi connectivity index (χ4v) is 2.79. The highest BCUT2D eigenvalue weighted by Crippen LogP contribution is 2.39. The Labute approximate surface area is 84.6 Å². The Hall–Kier alpha value is -0.770. The van der Waals surface area contributed by atoms with Crippen molar-refractivity contribution >= 4 is 5.96 Å². The Kier molecular flexibility index (Phi) is 2.39. The molecule has 2 unspecified atom stereocenters. The summed E-state index contributed by atoms with van der Waals surface area (Å²) in [5, 5.41) is 17.7. The van der Waals surface area contributed by atoms with E-state index in [1.54, 1.807) is 0 Å². The highest BCUT2D eigenvalue weighted by atomic mass is 16.3. The number of rotatable bonds is 0. The second kappa shape index (κ2) is 3.42. The summed E-state index contributed by atoms with van der Waals surface area (Å²) in [6.45, 7) is 1.51. The van der Waals surface area contributed by atoms with Crippen LogP contribution in [0.3, 0.4) is 0 Å². The van der Waals surface area contributed by atoms with E-state index >= 15 is 0 Å². The summed E-state index contributed by atoms with van der Waals surface area (Å²) in [6.07, 6.45) is 5.15. The summed E-state index contributed by atoms with van der Waals surface area (Å²) in [5.41, 5.74) is 5.01. The molecular formula is C10H19N3O. The summed E-state index contributed by atoms with van der Waals surface area (Å²) in [4.78, 5) is 1.88. The van der Waals surface area contributed by atoms with Crippen molar-refractivity contribution < 1.29 is 5.11 Å². The van der Waals surface area contributed by atoms with E-state index in [2.05, 4.69) is 0 Å². The SMILES string of the molecule is N=C(N)N1CCC2(O)CCCCC2C1. The molecule has 80 valence electrons. The first kappa shape index (κ1) is 9.77. The van der Waals surface area contributed by atoms with Crippen LogP contribution in [-0.4, -0.2) is 34.7 Å². The highest BCUT2D eigenvalue weighted by Gasteiger charge is 2.42. The molecule has 0 aromatic rings. The van der Waals surface area contributed by atoms with E-state index in [0.29, 0.717) is 5.92 Å². The van der Waals surface area contributed by atoms with Gasteiger partial charge in [0.1, 0.15) is 0 Å². The number of hydrogen-bond acceptors (Lipinski definition) is 2. The smallest absolute Gasteiger partial charge is 0.188 e. The van der Waals surface area contributed by atoms with Crippen molar-refractivity contribution in [3.8, 4) is 0 Å². The van der Waals surface area contributed by atoms with Crippen LogP contribution in [-0.2, 0) is 0 Å². The molecular weight excluding hydrogens is 178 g/mol. The van der Waals surface area contributed by atoms with E-state index in [1.807, 2.05) is 4.90 Å². The molecule has 0 aromatic carbocycles. The van der Waals surface area contributed by atoms with E-state index in [1.165, 1.54) is 6.42 Å². The molecule has 1 saturated carbocycles. The van der Waals surface area contributed by atoms with Gasteiger partial charge in [-0.15, -0.1) is 0 Å². The van der Waals surface area contributed by atoms with Gasteiger partial charge in [-0.05, 0) is 19.3 Å². The molecule has 2 rings (SSSR count). The third-order valence-corrected chi connectivity index (χ3v) is 3.77. The summed E-state index contributed by atoms with van der Waals surface area (Å²) in [6, 6.07) is 0. The van der Waals surface area contributed by atoms with Gasteiger partial charge in [-0.1, -0.05) is 12.8 Å². The largest absolute Gasteiger partial charge is 0.389 e. The maximum Gasteiger partial charge on any atom is 0.188 e. The van der Waals surface area contributed by atoms with Gasteiger partial charge in [-0.3, -0.25) is 5.41 Å². The molecule has 0 bridgehead atoms. The van der Waals surface area contributed by atoms with Crippen molar-refractivity contribution in [2.24, 2.45) is 11.7 Å². The summed E-state index contributed by atoms with van der Waals surface area (Å²) < 4.78 is 0. The molecule has 1 aliphatic carbocycles. The van der Waals surface area contributed by atoms with Crippen LogP contribution in [0.5, 0.6) is 0 Å². The minimum absolute atomic E-state index is 0.151. The standard InChI is InChI=1S/C10H19N3O/c11-9(12)13-6-5-10(14)4-2-1-3-8(10)7-13/h8,14H,1-7H2,(H3,11,12). The van der Waals surface area contributed by atoms with Gasteiger partial charge in [0.2, 0.25) is 0 Å². The number of piperidine rings is 1. The number of nitrogens with one attached hydrogen (secondary N) is 1. The Balaban J connectivity index is 2.05. The average Bonchev–Trinajstić information content (AvgIpc) is 2.16. The van der Waals surface area contributed by atoms with Gasteiger partial charge in [0.25, 0.3) is 0 Å². The molecule has 1 aliphatic heterocycles. The molecule has 1 heterocycles. The van der Waals surface area contributed by atoms with Crippen LogP contribution in [0.25, 0.3) is 0 Å². The van der Waals surface area contributed by atoms with Gasteiger partial charge in [0, 0.05) is 19.0 Å². The molecule has 0 spiro atoms. The van der Waals surface area contributed by atoms with Crippen LogP contribution in [0, 0.1) is 11.3 Å². The molecule has 2 fully saturated rings. The van der Waals surface area contributed by atoms with Crippen molar-refractivity contribution in [1.29, 1.82) is 5.41 Å². The van der Waals surface area contributed by atoms with Gasteiger partial charge in [-0.25, -0.2) is 0 Å². The predicted molar refractivity (Wildman–Crippen MR) is 55.0 cm³/mol. The zero-order valence-corrected chi connectivity index (χ0v) is 8.50. The van der Waals surface area contributed by atoms with Crippen LogP contribution in [0.1, 0.15) is 32.1 Å². The van der Waals surface area contributed by atoms with Crippen molar-refractivity contribution in [3.05, 3.63) is 0 Å². The Morgan fingerprint density at radius 1 is 1.43 bits per heavy atom. The number of likely N-dealkylation sites (tertiary alicyclic amines) is 1. The molecule has 2 atom stereocenters. The summed E-state index contributed by atoms with van der Waals surface area (Å²) in [5.74, 6) is 0.478. The number of nitrogens with zero attached hydrogens (tertiary/aromatic N) is 1. The summed E-state index contributed by atoms with van der Waals surface area (Å²) >= 11 is 0. The maximum absolute atomic E-state index is 10.4. The zero-order valence-electron chi connectivity index (χ0n) is 8.50. The molecule has 0 aromatic heterocycles. The van der Waals surface area contributed by atoms with Crippen LogP contribution < -0.4 is 5.73 Å².